The number of nitrogens with zero attached hydrogens (tertiary/aromatic N) is 6. The fourth-order valence-corrected chi connectivity index (χ4v) is 3.81. The van der Waals surface area contributed by atoms with E-state index in [4.69, 9.17) is 9.47 Å². The van der Waals surface area contributed by atoms with Crippen molar-refractivity contribution in [2.24, 2.45) is 7.05 Å². The van der Waals surface area contributed by atoms with E-state index in [9.17, 15) is 9.90 Å². The molecule has 4 aromatic rings. The predicted molar refractivity (Wildman–Crippen MR) is 134 cm³/mol. The zero-order valence-electron chi connectivity index (χ0n) is 20.4. The van der Waals surface area contributed by atoms with Crippen molar-refractivity contribution < 1.29 is 19.4 Å². The normalized spacial score (nSPS) is 13.9. The van der Waals surface area contributed by atoms with Crippen LogP contribution in [0.2, 0.25) is 0 Å². The number of aryl methyl sites for hydroxylation is 1. The second kappa shape index (κ2) is 9.79. The quantitative estimate of drug-likeness (QED) is 0.277. The zero-order chi connectivity index (χ0) is 26.0. The number of amides is 1. The largest absolute Gasteiger partial charge is 0.494 e. The molecule has 4 N–H and O–H groups in total. The van der Waals surface area contributed by atoms with Crippen LogP contribution < -0.4 is 20.7 Å². The van der Waals surface area contributed by atoms with Crippen LogP contribution in [0.25, 0.3) is 11.4 Å². The minimum atomic E-state index is -1.00. The van der Waals surface area contributed by atoms with Crippen LogP contribution in [0.1, 0.15) is 16.1 Å². The molecule has 0 unspecified atom stereocenters. The van der Waals surface area contributed by atoms with Crippen molar-refractivity contribution >= 4 is 28.9 Å². The Morgan fingerprint density at radius 3 is 2.57 bits per heavy atom. The molecule has 0 spiro atoms. The number of pyridine rings is 1. The van der Waals surface area contributed by atoms with Gasteiger partial charge in [-0.15, -0.1) is 10.2 Å². The number of nitrogens with one attached hydrogen (secondary N) is 3. The van der Waals surface area contributed by atoms with Gasteiger partial charge >= 0.3 is 0 Å². The number of methoxy groups -OCH3 is 1. The SMILES string of the molecule is CNC(=O)c1nnc(Nc2ccc(C3(O)COC3)cn2)cc1Nc1cccc(-c2ncn(C)n2)c1OC. The van der Waals surface area contributed by atoms with E-state index in [1.165, 1.54) is 7.05 Å². The lowest BCUT2D eigenvalue weighted by Crippen LogP contribution is -2.46. The Balaban J connectivity index is 1.45. The molecule has 13 nitrogen and oxygen atoms in total. The van der Waals surface area contributed by atoms with Crippen LogP contribution in [0.5, 0.6) is 5.75 Å². The molecular weight excluding hydrogens is 478 g/mol. The highest BCUT2D eigenvalue weighted by atomic mass is 16.5. The Morgan fingerprint density at radius 1 is 1.11 bits per heavy atom. The molecule has 1 aromatic carbocycles. The molecule has 1 saturated heterocycles. The lowest BCUT2D eigenvalue weighted by Gasteiger charge is -2.36. The predicted octanol–water partition coefficient (Wildman–Crippen LogP) is 1.74. The number of carbonyl (C=O) groups excluding carboxylic acids is 1. The van der Waals surface area contributed by atoms with Crippen molar-refractivity contribution in [2.45, 2.75) is 5.60 Å². The maximum absolute atomic E-state index is 12.5. The van der Waals surface area contributed by atoms with Gasteiger partial charge in [-0.25, -0.2) is 9.97 Å². The van der Waals surface area contributed by atoms with Gasteiger partial charge in [0, 0.05) is 31.9 Å². The molecule has 5 rings (SSSR count). The summed E-state index contributed by atoms with van der Waals surface area (Å²) in [4.78, 5) is 21.2. The molecule has 190 valence electrons. The summed E-state index contributed by atoms with van der Waals surface area (Å²) in [7, 11) is 4.84. The monoisotopic (exact) mass is 503 g/mol. The van der Waals surface area contributed by atoms with Crippen molar-refractivity contribution in [1.29, 1.82) is 0 Å². The van der Waals surface area contributed by atoms with Crippen molar-refractivity contribution in [2.75, 3.05) is 38.0 Å². The van der Waals surface area contributed by atoms with E-state index in [0.29, 0.717) is 45.7 Å². The third-order valence-electron chi connectivity index (χ3n) is 5.80. The van der Waals surface area contributed by atoms with E-state index < -0.39 is 11.5 Å². The van der Waals surface area contributed by atoms with Crippen LogP contribution in [0.3, 0.4) is 0 Å². The molecule has 3 aromatic heterocycles. The maximum atomic E-state index is 12.5. The summed E-state index contributed by atoms with van der Waals surface area (Å²) >= 11 is 0. The van der Waals surface area contributed by atoms with E-state index in [2.05, 4.69) is 41.2 Å². The van der Waals surface area contributed by atoms with Gasteiger partial charge in [0.1, 0.15) is 17.7 Å². The molecule has 1 amide bonds. The van der Waals surface area contributed by atoms with Gasteiger partial charge < -0.3 is 30.5 Å². The number of hydrogen-bond donors (Lipinski definition) is 4. The number of carbonyl (C=O) groups is 1. The molecule has 0 aliphatic carbocycles. The molecule has 4 heterocycles. The smallest absolute Gasteiger partial charge is 0.273 e. The maximum Gasteiger partial charge on any atom is 0.273 e. The summed E-state index contributed by atoms with van der Waals surface area (Å²) in [5.41, 5.74) is 1.40. The van der Waals surface area contributed by atoms with Crippen molar-refractivity contribution in [1.82, 2.24) is 35.3 Å². The Morgan fingerprint density at radius 2 is 1.95 bits per heavy atom. The molecule has 1 aliphatic heterocycles. The first-order chi connectivity index (χ1) is 17.9. The first-order valence-corrected chi connectivity index (χ1v) is 11.3. The second-order valence-corrected chi connectivity index (χ2v) is 8.41. The van der Waals surface area contributed by atoms with E-state index in [0.717, 1.165) is 0 Å². The first kappa shape index (κ1) is 24.1. The summed E-state index contributed by atoms with van der Waals surface area (Å²) in [5, 5.41) is 31.9. The van der Waals surface area contributed by atoms with E-state index in [-0.39, 0.29) is 18.9 Å². The summed E-state index contributed by atoms with van der Waals surface area (Å²) in [6.07, 6.45) is 3.18. The minimum Gasteiger partial charge on any atom is -0.494 e. The number of hydrogen-bond acceptors (Lipinski definition) is 11. The van der Waals surface area contributed by atoms with Crippen LogP contribution >= 0.6 is 0 Å². The minimum absolute atomic E-state index is 0.0898. The molecule has 13 heteroatoms. The Labute approximate surface area is 211 Å². The number of benzene rings is 1. The van der Waals surface area contributed by atoms with Gasteiger partial charge in [0.05, 0.1) is 37.3 Å². The highest BCUT2D eigenvalue weighted by Crippen LogP contribution is 2.37. The van der Waals surface area contributed by atoms with Crippen LogP contribution in [-0.4, -0.2) is 68.3 Å². The second-order valence-electron chi connectivity index (χ2n) is 8.41. The Kier molecular flexibility index (Phi) is 6.38. The van der Waals surface area contributed by atoms with E-state index in [1.807, 2.05) is 18.2 Å². The van der Waals surface area contributed by atoms with Gasteiger partial charge in [0.25, 0.3) is 5.91 Å². The Hall–Kier alpha value is -4.62. The van der Waals surface area contributed by atoms with Crippen LogP contribution in [0, 0.1) is 0 Å². The fourth-order valence-electron chi connectivity index (χ4n) is 3.81. The lowest BCUT2D eigenvalue weighted by molar-refractivity contribution is -0.184. The lowest BCUT2D eigenvalue weighted by atomic mass is 9.94. The third kappa shape index (κ3) is 4.77. The number of anilines is 4. The standard InChI is InChI=1S/C24H25N9O4/c1-25-23(34)20-17(28-16-6-4-5-15(21(16)36-3)22-27-13-33(2)32-22)9-19(30-31-20)29-18-8-7-14(10-26-18)24(35)11-37-12-24/h4-10,13,35H,11-12H2,1-3H3,(H,25,34)(H2,26,28,29,30). The molecule has 0 radical (unpaired) electrons. The van der Waals surface area contributed by atoms with Crippen LogP contribution in [0.15, 0.2) is 48.9 Å². The fraction of sp³-hybridized carbons (Fsp3) is 0.250. The molecule has 0 atom stereocenters. The van der Waals surface area contributed by atoms with Crippen molar-refractivity contribution in [3.8, 4) is 17.1 Å². The van der Waals surface area contributed by atoms with Gasteiger partial charge in [-0.3, -0.25) is 9.48 Å². The molecule has 0 saturated carbocycles. The first-order valence-electron chi connectivity index (χ1n) is 11.3. The molecule has 37 heavy (non-hydrogen) atoms. The topological polar surface area (TPSA) is 161 Å². The average molecular weight is 504 g/mol. The van der Waals surface area contributed by atoms with E-state index in [1.54, 1.807) is 49.6 Å². The van der Waals surface area contributed by atoms with Crippen LogP contribution in [-0.2, 0) is 17.4 Å². The number of aliphatic hydroxyl groups is 1. The van der Waals surface area contributed by atoms with Crippen LogP contribution in [0.4, 0.5) is 23.0 Å². The van der Waals surface area contributed by atoms with Crippen molar-refractivity contribution in [3.63, 3.8) is 0 Å². The number of aromatic nitrogens is 6. The molecular formula is C24H25N9O4. The summed E-state index contributed by atoms with van der Waals surface area (Å²) in [6.45, 7) is 0.480. The van der Waals surface area contributed by atoms with Gasteiger partial charge in [-0.2, -0.15) is 5.10 Å². The molecule has 1 fully saturated rings. The zero-order valence-corrected chi connectivity index (χ0v) is 20.4. The highest BCUT2D eigenvalue weighted by molar-refractivity contribution is 5.99. The van der Waals surface area contributed by atoms with E-state index >= 15 is 0 Å². The molecule has 0 bridgehead atoms. The summed E-state index contributed by atoms with van der Waals surface area (Å²) in [6, 6.07) is 10.6. The molecule has 1 aliphatic rings. The Bertz CT molecular complexity index is 1430. The number of ether oxygens (including phenoxy) is 2. The number of rotatable bonds is 8. The van der Waals surface area contributed by atoms with Gasteiger partial charge in [-0.05, 0) is 18.2 Å². The van der Waals surface area contributed by atoms with Gasteiger partial charge in [-0.1, -0.05) is 12.1 Å². The summed E-state index contributed by atoms with van der Waals surface area (Å²) in [5.74, 6) is 1.42. The summed E-state index contributed by atoms with van der Waals surface area (Å²) < 4.78 is 12.4. The number of para-hydroxylation sites is 1. The van der Waals surface area contributed by atoms with Gasteiger partial charge in [0.2, 0.25) is 0 Å². The average Bonchev–Trinajstić information content (AvgIpc) is 3.33. The third-order valence-corrected chi connectivity index (χ3v) is 5.80. The van der Waals surface area contributed by atoms with Crippen molar-refractivity contribution in [3.05, 3.63) is 60.2 Å². The highest BCUT2D eigenvalue weighted by Gasteiger charge is 2.38. The van der Waals surface area contributed by atoms with Gasteiger partial charge in [0.15, 0.2) is 23.1 Å².